The van der Waals surface area contributed by atoms with Gasteiger partial charge in [0, 0.05) is 13.6 Å². The van der Waals surface area contributed by atoms with Gasteiger partial charge in [-0.3, -0.25) is 0 Å². The fourth-order valence-corrected chi connectivity index (χ4v) is 4.12. The van der Waals surface area contributed by atoms with Gasteiger partial charge in [-0.05, 0) is 38.3 Å². The molecule has 15 heavy (non-hydrogen) atoms. The average Bonchev–Trinajstić information content (AvgIpc) is 2.52. The third kappa shape index (κ3) is 2.34. The van der Waals surface area contributed by atoms with E-state index in [2.05, 4.69) is 5.32 Å². The first kappa shape index (κ1) is 11.4. The number of sulfonamides is 1. The fourth-order valence-electron chi connectivity index (χ4n) is 2.26. The van der Waals surface area contributed by atoms with Crippen molar-refractivity contribution in [2.45, 2.75) is 30.9 Å². The van der Waals surface area contributed by atoms with Crippen molar-refractivity contribution in [3.05, 3.63) is 0 Å². The van der Waals surface area contributed by atoms with Crippen molar-refractivity contribution in [2.75, 3.05) is 26.7 Å². The quantitative estimate of drug-likeness (QED) is 0.764. The summed E-state index contributed by atoms with van der Waals surface area (Å²) in [5.41, 5.74) is 0. The van der Waals surface area contributed by atoms with E-state index in [1.165, 1.54) is 0 Å². The topological polar surface area (TPSA) is 49.4 Å². The van der Waals surface area contributed by atoms with Crippen molar-refractivity contribution in [3.63, 3.8) is 0 Å². The second kappa shape index (κ2) is 4.39. The second-order valence-corrected chi connectivity index (χ2v) is 7.06. The van der Waals surface area contributed by atoms with E-state index in [-0.39, 0.29) is 5.25 Å². The molecule has 88 valence electrons. The number of nitrogens with zero attached hydrogens (tertiary/aromatic N) is 1. The van der Waals surface area contributed by atoms with Gasteiger partial charge in [0.15, 0.2) is 0 Å². The highest BCUT2D eigenvalue weighted by molar-refractivity contribution is 7.89. The van der Waals surface area contributed by atoms with Crippen LogP contribution in [0, 0.1) is 5.92 Å². The average molecular weight is 232 g/mol. The van der Waals surface area contributed by atoms with E-state index in [4.69, 9.17) is 0 Å². The van der Waals surface area contributed by atoms with Crippen LogP contribution in [-0.4, -0.2) is 44.7 Å². The Morgan fingerprint density at radius 3 is 2.53 bits per heavy atom. The second-order valence-electron chi connectivity index (χ2n) is 4.74. The van der Waals surface area contributed by atoms with E-state index in [1.54, 1.807) is 11.4 Å². The van der Waals surface area contributed by atoms with E-state index < -0.39 is 10.0 Å². The standard InChI is InChI=1S/C10H20N2O2S/c1-12(8-9-5-6-11-7-9)15(13,14)10-3-2-4-10/h9-11H,2-8H2,1H3. The lowest BCUT2D eigenvalue weighted by Gasteiger charge is -2.31. The Balaban J connectivity index is 1.90. The maximum Gasteiger partial charge on any atom is 0.216 e. The van der Waals surface area contributed by atoms with Crippen LogP contribution in [0.25, 0.3) is 0 Å². The first-order valence-electron chi connectivity index (χ1n) is 5.76. The molecule has 1 aliphatic carbocycles. The molecule has 4 nitrogen and oxygen atoms in total. The van der Waals surface area contributed by atoms with Gasteiger partial charge in [-0.25, -0.2) is 12.7 Å². The summed E-state index contributed by atoms with van der Waals surface area (Å²) in [5.74, 6) is 0.504. The van der Waals surface area contributed by atoms with Crippen LogP contribution >= 0.6 is 0 Å². The van der Waals surface area contributed by atoms with Crippen molar-refractivity contribution in [3.8, 4) is 0 Å². The van der Waals surface area contributed by atoms with E-state index in [9.17, 15) is 8.42 Å². The molecule has 2 aliphatic rings. The molecule has 2 fully saturated rings. The van der Waals surface area contributed by atoms with Gasteiger partial charge in [0.2, 0.25) is 10.0 Å². The van der Waals surface area contributed by atoms with Crippen LogP contribution in [0.2, 0.25) is 0 Å². The Morgan fingerprint density at radius 1 is 1.33 bits per heavy atom. The first-order valence-corrected chi connectivity index (χ1v) is 7.27. The normalized spacial score (nSPS) is 28.3. The number of nitrogens with one attached hydrogen (secondary N) is 1. The summed E-state index contributed by atoms with van der Waals surface area (Å²) in [4.78, 5) is 0. The van der Waals surface area contributed by atoms with Crippen molar-refractivity contribution in [1.29, 1.82) is 0 Å². The van der Waals surface area contributed by atoms with E-state index in [0.29, 0.717) is 12.5 Å². The van der Waals surface area contributed by atoms with Gasteiger partial charge in [0.1, 0.15) is 0 Å². The van der Waals surface area contributed by atoms with Crippen molar-refractivity contribution < 1.29 is 8.42 Å². The Bertz CT molecular complexity index is 305. The molecule has 1 saturated heterocycles. The number of hydrogen-bond acceptors (Lipinski definition) is 3. The highest BCUT2D eigenvalue weighted by atomic mass is 32.2. The molecular weight excluding hydrogens is 212 g/mol. The maximum atomic E-state index is 12.0. The fraction of sp³-hybridized carbons (Fsp3) is 1.00. The molecule has 0 bridgehead atoms. The molecule has 5 heteroatoms. The lowest BCUT2D eigenvalue weighted by molar-refractivity contribution is 0.375. The van der Waals surface area contributed by atoms with Gasteiger partial charge < -0.3 is 5.32 Å². The maximum absolute atomic E-state index is 12.0. The zero-order valence-electron chi connectivity index (χ0n) is 9.28. The summed E-state index contributed by atoms with van der Waals surface area (Å²) < 4.78 is 25.6. The number of rotatable bonds is 4. The monoisotopic (exact) mass is 232 g/mol. The summed E-state index contributed by atoms with van der Waals surface area (Å²) in [6.45, 7) is 2.68. The summed E-state index contributed by atoms with van der Waals surface area (Å²) >= 11 is 0. The zero-order chi connectivity index (χ0) is 10.9. The molecule has 1 aliphatic heterocycles. The minimum absolute atomic E-state index is 0.0862. The largest absolute Gasteiger partial charge is 0.316 e. The Kier molecular flexibility index (Phi) is 3.33. The molecule has 1 atom stereocenters. The highest BCUT2D eigenvalue weighted by Crippen LogP contribution is 2.28. The van der Waals surface area contributed by atoms with Gasteiger partial charge in [-0.2, -0.15) is 0 Å². The predicted octanol–water partition coefficient (Wildman–Crippen LogP) is 0.410. The molecule has 0 radical (unpaired) electrons. The van der Waals surface area contributed by atoms with Gasteiger partial charge >= 0.3 is 0 Å². The van der Waals surface area contributed by atoms with Gasteiger partial charge in [-0.1, -0.05) is 6.42 Å². The minimum atomic E-state index is -2.98. The van der Waals surface area contributed by atoms with Crippen molar-refractivity contribution in [2.24, 2.45) is 5.92 Å². The smallest absolute Gasteiger partial charge is 0.216 e. The third-order valence-electron chi connectivity index (χ3n) is 3.59. The molecule has 1 saturated carbocycles. The molecule has 1 N–H and O–H groups in total. The van der Waals surface area contributed by atoms with Crippen LogP contribution in [0.3, 0.4) is 0 Å². The van der Waals surface area contributed by atoms with Gasteiger partial charge in [-0.15, -0.1) is 0 Å². The van der Waals surface area contributed by atoms with Crippen molar-refractivity contribution >= 4 is 10.0 Å². The highest BCUT2D eigenvalue weighted by Gasteiger charge is 2.35. The molecule has 0 amide bonds. The van der Waals surface area contributed by atoms with Crippen molar-refractivity contribution in [1.82, 2.24) is 9.62 Å². The van der Waals surface area contributed by atoms with Gasteiger partial charge in [0.05, 0.1) is 5.25 Å². The molecule has 1 heterocycles. The summed E-state index contributed by atoms with van der Waals surface area (Å²) in [7, 11) is -1.26. The Hall–Kier alpha value is -0.130. The molecule has 0 spiro atoms. The van der Waals surface area contributed by atoms with Gasteiger partial charge in [0.25, 0.3) is 0 Å². The lowest BCUT2D eigenvalue weighted by atomic mass is 10.0. The molecule has 2 rings (SSSR count). The Labute approximate surface area is 92.1 Å². The van der Waals surface area contributed by atoms with Crippen LogP contribution in [0.5, 0.6) is 0 Å². The van der Waals surface area contributed by atoms with Crippen LogP contribution in [0.4, 0.5) is 0 Å². The van der Waals surface area contributed by atoms with E-state index >= 15 is 0 Å². The SMILES string of the molecule is CN(CC1CCNC1)S(=O)(=O)C1CCC1. The lowest BCUT2D eigenvalue weighted by Crippen LogP contribution is -2.42. The summed E-state index contributed by atoms with van der Waals surface area (Å²) in [5, 5.41) is 3.18. The van der Waals surface area contributed by atoms with E-state index in [0.717, 1.165) is 38.8 Å². The Morgan fingerprint density at radius 2 is 2.07 bits per heavy atom. The molecule has 0 aromatic carbocycles. The first-order chi connectivity index (χ1) is 7.10. The van der Waals surface area contributed by atoms with E-state index in [1.807, 2.05) is 0 Å². The predicted molar refractivity (Wildman–Crippen MR) is 60.2 cm³/mol. The summed E-state index contributed by atoms with van der Waals surface area (Å²) in [6, 6.07) is 0. The molecule has 1 unspecified atom stereocenters. The molecule has 0 aromatic heterocycles. The molecule has 0 aromatic rings. The van der Waals surface area contributed by atoms with Crippen LogP contribution < -0.4 is 5.32 Å². The summed E-state index contributed by atoms with van der Waals surface area (Å²) in [6.07, 6.45) is 3.89. The van der Waals surface area contributed by atoms with Crippen LogP contribution in [0.15, 0.2) is 0 Å². The minimum Gasteiger partial charge on any atom is -0.316 e. The molecular formula is C10H20N2O2S. The third-order valence-corrected chi connectivity index (χ3v) is 5.92. The zero-order valence-corrected chi connectivity index (χ0v) is 10.1. The van der Waals surface area contributed by atoms with Crippen LogP contribution in [-0.2, 0) is 10.0 Å². The van der Waals surface area contributed by atoms with Crippen LogP contribution in [0.1, 0.15) is 25.7 Å². The number of hydrogen-bond donors (Lipinski definition) is 1.